The first kappa shape index (κ1) is 13.9. The van der Waals surface area contributed by atoms with Crippen molar-refractivity contribution in [2.45, 2.75) is 20.4 Å². The number of amides is 1. The predicted molar refractivity (Wildman–Crippen MR) is 74.8 cm³/mol. The van der Waals surface area contributed by atoms with Crippen LogP contribution in [-0.4, -0.2) is 22.0 Å². The number of carboxylic acids is 1. The first-order chi connectivity index (χ1) is 9.50. The highest BCUT2D eigenvalue weighted by Gasteiger charge is 2.20. The van der Waals surface area contributed by atoms with Gasteiger partial charge in [0.1, 0.15) is 0 Å². The SMILES string of the molecule is Cc1ccc(C)c(C(=O)NCc2cc[nH]c2)c1C(=O)O. The Labute approximate surface area is 116 Å². The molecule has 0 saturated heterocycles. The van der Waals surface area contributed by atoms with Gasteiger partial charge >= 0.3 is 5.97 Å². The van der Waals surface area contributed by atoms with E-state index in [9.17, 15) is 14.7 Å². The molecule has 2 aromatic rings. The molecule has 104 valence electrons. The molecule has 3 N–H and O–H groups in total. The molecule has 0 radical (unpaired) electrons. The third-order valence-electron chi connectivity index (χ3n) is 3.18. The zero-order valence-electron chi connectivity index (χ0n) is 11.4. The van der Waals surface area contributed by atoms with Gasteiger partial charge in [0.05, 0.1) is 11.1 Å². The van der Waals surface area contributed by atoms with E-state index in [1.807, 2.05) is 6.07 Å². The maximum atomic E-state index is 12.3. The van der Waals surface area contributed by atoms with Crippen LogP contribution in [-0.2, 0) is 6.54 Å². The number of benzene rings is 1. The number of aromatic nitrogens is 1. The Morgan fingerprint density at radius 1 is 1.15 bits per heavy atom. The third-order valence-corrected chi connectivity index (χ3v) is 3.18. The molecule has 0 aliphatic rings. The fourth-order valence-corrected chi connectivity index (χ4v) is 2.12. The van der Waals surface area contributed by atoms with Crippen LogP contribution >= 0.6 is 0 Å². The second-order valence-corrected chi connectivity index (χ2v) is 4.66. The molecular formula is C15H16N2O3. The molecule has 1 heterocycles. The van der Waals surface area contributed by atoms with Crippen LogP contribution in [0.15, 0.2) is 30.6 Å². The highest BCUT2D eigenvalue weighted by molar-refractivity contribution is 6.06. The molecule has 5 nitrogen and oxygen atoms in total. The van der Waals surface area contributed by atoms with Crippen LogP contribution in [0.5, 0.6) is 0 Å². The molecular weight excluding hydrogens is 256 g/mol. The molecule has 0 bridgehead atoms. The first-order valence-corrected chi connectivity index (χ1v) is 6.24. The van der Waals surface area contributed by atoms with Crippen LogP contribution in [0.2, 0.25) is 0 Å². The van der Waals surface area contributed by atoms with Gasteiger partial charge in [0, 0.05) is 18.9 Å². The molecule has 1 aromatic heterocycles. The zero-order chi connectivity index (χ0) is 14.7. The van der Waals surface area contributed by atoms with E-state index >= 15 is 0 Å². The smallest absolute Gasteiger partial charge is 0.336 e. The van der Waals surface area contributed by atoms with Crippen LogP contribution < -0.4 is 5.32 Å². The van der Waals surface area contributed by atoms with E-state index in [1.54, 1.807) is 38.4 Å². The Bertz CT molecular complexity index is 645. The summed E-state index contributed by atoms with van der Waals surface area (Å²) in [5.74, 6) is -1.46. The van der Waals surface area contributed by atoms with Gasteiger partial charge in [-0.1, -0.05) is 12.1 Å². The summed E-state index contributed by atoms with van der Waals surface area (Å²) < 4.78 is 0. The molecule has 0 fully saturated rings. The van der Waals surface area contributed by atoms with Crippen LogP contribution in [0.4, 0.5) is 0 Å². The number of H-pyrrole nitrogens is 1. The van der Waals surface area contributed by atoms with Gasteiger partial charge < -0.3 is 15.4 Å². The normalized spacial score (nSPS) is 10.3. The number of aryl methyl sites for hydroxylation is 2. The standard InChI is InChI=1S/C15H16N2O3/c1-9-3-4-10(2)13(15(19)20)12(9)14(18)17-8-11-5-6-16-7-11/h3-7,16H,8H2,1-2H3,(H,17,18)(H,19,20). The lowest BCUT2D eigenvalue weighted by Crippen LogP contribution is -2.26. The van der Waals surface area contributed by atoms with E-state index in [1.165, 1.54) is 0 Å². The number of nitrogens with one attached hydrogen (secondary N) is 2. The van der Waals surface area contributed by atoms with Crippen molar-refractivity contribution in [2.75, 3.05) is 0 Å². The highest BCUT2D eigenvalue weighted by atomic mass is 16.4. The molecule has 0 aliphatic heterocycles. The van der Waals surface area contributed by atoms with Crippen molar-refractivity contribution >= 4 is 11.9 Å². The van der Waals surface area contributed by atoms with Crippen molar-refractivity contribution < 1.29 is 14.7 Å². The van der Waals surface area contributed by atoms with Crippen LogP contribution in [0.1, 0.15) is 37.4 Å². The number of hydrogen-bond acceptors (Lipinski definition) is 2. The quantitative estimate of drug-likeness (QED) is 0.798. The molecule has 1 aromatic carbocycles. The van der Waals surface area contributed by atoms with Gasteiger partial charge in [-0.3, -0.25) is 4.79 Å². The van der Waals surface area contributed by atoms with Crippen molar-refractivity contribution in [3.8, 4) is 0 Å². The summed E-state index contributed by atoms with van der Waals surface area (Å²) in [5.41, 5.74) is 2.46. The minimum Gasteiger partial charge on any atom is -0.478 e. The lowest BCUT2D eigenvalue weighted by molar-refractivity contribution is 0.0690. The minimum absolute atomic E-state index is 0.0663. The Balaban J connectivity index is 2.29. The van der Waals surface area contributed by atoms with Crippen LogP contribution in [0.25, 0.3) is 0 Å². The van der Waals surface area contributed by atoms with Gasteiger partial charge in [0.25, 0.3) is 5.91 Å². The number of rotatable bonds is 4. The van der Waals surface area contributed by atoms with Crippen molar-refractivity contribution in [3.63, 3.8) is 0 Å². The van der Waals surface area contributed by atoms with Crippen molar-refractivity contribution in [2.24, 2.45) is 0 Å². The summed E-state index contributed by atoms with van der Waals surface area (Å²) in [7, 11) is 0. The molecule has 0 aliphatic carbocycles. The number of aromatic amines is 1. The largest absolute Gasteiger partial charge is 0.478 e. The Kier molecular flexibility index (Phi) is 3.89. The van der Waals surface area contributed by atoms with Crippen molar-refractivity contribution in [1.82, 2.24) is 10.3 Å². The third kappa shape index (κ3) is 2.71. The number of carbonyl (C=O) groups is 2. The Hall–Kier alpha value is -2.56. The van der Waals surface area contributed by atoms with Crippen molar-refractivity contribution in [3.05, 3.63) is 58.4 Å². The Morgan fingerprint density at radius 2 is 1.80 bits per heavy atom. The van der Waals surface area contributed by atoms with E-state index in [-0.39, 0.29) is 17.0 Å². The summed E-state index contributed by atoms with van der Waals surface area (Å²) >= 11 is 0. The van der Waals surface area contributed by atoms with E-state index in [0.717, 1.165) is 5.56 Å². The van der Waals surface area contributed by atoms with Gasteiger partial charge in [0.15, 0.2) is 0 Å². The van der Waals surface area contributed by atoms with E-state index < -0.39 is 5.97 Å². The summed E-state index contributed by atoms with van der Waals surface area (Å²) in [6.07, 6.45) is 3.55. The van der Waals surface area contributed by atoms with Crippen LogP contribution in [0.3, 0.4) is 0 Å². The minimum atomic E-state index is -1.09. The lowest BCUT2D eigenvalue weighted by atomic mass is 9.96. The topological polar surface area (TPSA) is 82.2 Å². The summed E-state index contributed by atoms with van der Waals surface area (Å²) in [4.78, 5) is 26.5. The number of hydrogen-bond donors (Lipinski definition) is 3. The number of aromatic carboxylic acids is 1. The average Bonchev–Trinajstić information content (AvgIpc) is 2.91. The fourth-order valence-electron chi connectivity index (χ4n) is 2.12. The number of carbonyl (C=O) groups excluding carboxylic acids is 1. The predicted octanol–water partition coefficient (Wildman–Crippen LogP) is 2.26. The zero-order valence-corrected chi connectivity index (χ0v) is 11.4. The monoisotopic (exact) mass is 272 g/mol. The molecule has 5 heteroatoms. The molecule has 0 saturated carbocycles. The molecule has 1 amide bonds. The maximum absolute atomic E-state index is 12.3. The summed E-state index contributed by atoms with van der Waals surface area (Å²) in [6.45, 7) is 3.78. The molecule has 0 spiro atoms. The second kappa shape index (κ2) is 5.61. The van der Waals surface area contributed by atoms with Gasteiger partial charge in [-0.25, -0.2) is 4.79 Å². The summed E-state index contributed by atoms with van der Waals surface area (Å²) in [5, 5.41) is 12.0. The van der Waals surface area contributed by atoms with Crippen LogP contribution in [0, 0.1) is 13.8 Å². The Morgan fingerprint density at radius 3 is 2.35 bits per heavy atom. The van der Waals surface area contributed by atoms with E-state index in [0.29, 0.717) is 17.7 Å². The van der Waals surface area contributed by atoms with Crippen molar-refractivity contribution in [1.29, 1.82) is 0 Å². The highest BCUT2D eigenvalue weighted by Crippen LogP contribution is 2.19. The lowest BCUT2D eigenvalue weighted by Gasteiger charge is -2.12. The number of carboxylic acid groups (broad SMARTS) is 1. The van der Waals surface area contributed by atoms with Gasteiger partial charge in [-0.15, -0.1) is 0 Å². The van der Waals surface area contributed by atoms with Gasteiger partial charge in [-0.05, 0) is 36.6 Å². The first-order valence-electron chi connectivity index (χ1n) is 6.24. The van der Waals surface area contributed by atoms with Gasteiger partial charge in [-0.2, -0.15) is 0 Å². The molecule has 2 rings (SSSR count). The van der Waals surface area contributed by atoms with Gasteiger partial charge in [0.2, 0.25) is 0 Å². The molecule has 20 heavy (non-hydrogen) atoms. The van der Waals surface area contributed by atoms with E-state index in [2.05, 4.69) is 10.3 Å². The summed E-state index contributed by atoms with van der Waals surface area (Å²) in [6, 6.07) is 5.32. The molecule has 0 atom stereocenters. The van der Waals surface area contributed by atoms with E-state index in [4.69, 9.17) is 0 Å². The molecule has 0 unspecified atom stereocenters. The maximum Gasteiger partial charge on any atom is 0.336 e. The second-order valence-electron chi connectivity index (χ2n) is 4.66. The fraction of sp³-hybridized carbons (Fsp3) is 0.200. The average molecular weight is 272 g/mol.